The molecule has 1 saturated heterocycles. The summed E-state index contributed by atoms with van der Waals surface area (Å²) in [5.41, 5.74) is 0.858. The third-order valence-electron chi connectivity index (χ3n) is 3.78. The van der Waals surface area contributed by atoms with Gasteiger partial charge in [-0.05, 0) is 43.4 Å². The SMILES string of the molecule is CCC1CCCCN1C(=O)Cc1ccc(Cl)cc1Cl. The first-order valence-electron chi connectivity index (χ1n) is 6.85. The summed E-state index contributed by atoms with van der Waals surface area (Å²) < 4.78 is 0. The Morgan fingerprint density at radius 2 is 2.16 bits per heavy atom. The number of halogens is 2. The van der Waals surface area contributed by atoms with Crippen LogP contribution in [0.25, 0.3) is 0 Å². The number of amides is 1. The summed E-state index contributed by atoms with van der Waals surface area (Å²) in [5, 5.41) is 1.18. The average molecular weight is 300 g/mol. The van der Waals surface area contributed by atoms with Crippen LogP contribution < -0.4 is 0 Å². The zero-order chi connectivity index (χ0) is 13.8. The number of rotatable bonds is 3. The Morgan fingerprint density at radius 1 is 1.37 bits per heavy atom. The predicted octanol–water partition coefficient (Wildman–Crippen LogP) is 4.33. The summed E-state index contributed by atoms with van der Waals surface area (Å²) in [5.74, 6) is 0.177. The molecule has 1 unspecified atom stereocenters. The Morgan fingerprint density at radius 3 is 2.84 bits per heavy atom. The quantitative estimate of drug-likeness (QED) is 0.813. The first kappa shape index (κ1) is 14.7. The number of carbonyl (C=O) groups excluding carboxylic acids is 1. The fourth-order valence-corrected chi connectivity index (χ4v) is 3.16. The van der Waals surface area contributed by atoms with Crippen LogP contribution in [-0.2, 0) is 11.2 Å². The molecule has 0 bridgehead atoms. The lowest BCUT2D eigenvalue weighted by atomic mass is 9.99. The minimum absolute atomic E-state index is 0.177. The van der Waals surface area contributed by atoms with Gasteiger partial charge in [0.2, 0.25) is 5.91 Å². The molecule has 4 heteroatoms. The van der Waals surface area contributed by atoms with Gasteiger partial charge in [0.1, 0.15) is 0 Å². The van der Waals surface area contributed by atoms with Crippen molar-refractivity contribution in [3.63, 3.8) is 0 Å². The zero-order valence-corrected chi connectivity index (χ0v) is 12.7. The molecule has 0 radical (unpaired) electrons. The number of likely N-dealkylation sites (tertiary alicyclic amines) is 1. The molecule has 0 spiro atoms. The summed E-state index contributed by atoms with van der Waals surface area (Å²) in [6, 6.07) is 5.71. The Balaban J connectivity index is 2.07. The van der Waals surface area contributed by atoms with E-state index >= 15 is 0 Å². The van der Waals surface area contributed by atoms with E-state index in [0.29, 0.717) is 22.5 Å². The lowest BCUT2D eigenvalue weighted by Gasteiger charge is -2.35. The molecule has 2 rings (SSSR count). The van der Waals surface area contributed by atoms with Crippen LogP contribution in [0.3, 0.4) is 0 Å². The molecule has 0 aliphatic carbocycles. The molecular formula is C15H19Cl2NO. The van der Waals surface area contributed by atoms with Crippen molar-refractivity contribution in [1.82, 2.24) is 4.90 Å². The van der Waals surface area contributed by atoms with Gasteiger partial charge in [-0.2, -0.15) is 0 Å². The van der Waals surface area contributed by atoms with Gasteiger partial charge in [-0.25, -0.2) is 0 Å². The van der Waals surface area contributed by atoms with Crippen LogP contribution in [0, 0.1) is 0 Å². The molecule has 1 amide bonds. The van der Waals surface area contributed by atoms with Crippen molar-refractivity contribution in [2.75, 3.05) is 6.54 Å². The van der Waals surface area contributed by atoms with E-state index in [-0.39, 0.29) is 5.91 Å². The van der Waals surface area contributed by atoms with E-state index in [0.717, 1.165) is 31.4 Å². The van der Waals surface area contributed by atoms with E-state index < -0.39 is 0 Å². The highest BCUT2D eigenvalue weighted by atomic mass is 35.5. The highest BCUT2D eigenvalue weighted by molar-refractivity contribution is 6.35. The molecule has 0 N–H and O–H groups in total. The van der Waals surface area contributed by atoms with Crippen molar-refractivity contribution in [3.8, 4) is 0 Å². The normalized spacial score (nSPS) is 19.5. The molecule has 2 nitrogen and oxygen atoms in total. The van der Waals surface area contributed by atoms with E-state index in [2.05, 4.69) is 6.92 Å². The minimum Gasteiger partial charge on any atom is -0.339 e. The maximum absolute atomic E-state index is 12.4. The monoisotopic (exact) mass is 299 g/mol. The van der Waals surface area contributed by atoms with Gasteiger partial charge in [0.25, 0.3) is 0 Å². The van der Waals surface area contributed by atoms with Crippen molar-refractivity contribution in [2.45, 2.75) is 45.1 Å². The maximum atomic E-state index is 12.4. The molecule has 1 aromatic carbocycles. The van der Waals surface area contributed by atoms with Crippen LogP contribution in [0.1, 0.15) is 38.2 Å². The zero-order valence-electron chi connectivity index (χ0n) is 11.2. The van der Waals surface area contributed by atoms with E-state index in [4.69, 9.17) is 23.2 Å². The maximum Gasteiger partial charge on any atom is 0.227 e. The lowest BCUT2D eigenvalue weighted by molar-refractivity contribution is -0.134. The van der Waals surface area contributed by atoms with E-state index in [1.165, 1.54) is 6.42 Å². The van der Waals surface area contributed by atoms with Gasteiger partial charge in [-0.1, -0.05) is 36.2 Å². The van der Waals surface area contributed by atoms with Gasteiger partial charge >= 0.3 is 0 Å². The molecule has 0 aromatic heterocycles. The largest absolute Gasteiger partial charge is 0.339 e. The number of hydrogen-bond donors (Lipinski definition) is 0. The minimum atomic E-state index is 0.177. The molecule has 1 fully saturated rings. The summed E-state index contributed by atoms with van der Waals surface area (Å²) >= 11 is 12.0. The number of hydrogen-bond acceptors (Lipinski definition) is 1. The highest BCUT2D eigenvalue weighted by Crippen LogP contribution is 2.24. The second-order valence-corrected chi connectivity index (χ2v) is 5.90. The van der Waals surface area contributed by atoms with Crippen molar-refractivity contribution >= 4 is 29.1 Å². The van der Waals surface area contributed by atoms with Gasteiger partial charge < -0.3 is 4.90 Å². The van der Waals surface area contributed by atoms with Crippen molar-refractivity contribution in [3.05, 3.63) is 33.8 Å². The van der Waals surface area contributed by atoms with Crippen LogP contribution >= 0.6 is 23.2 Å². The molecule has 1 heterocycles. The number of piperidine rings is 1. The third kappa shape index (κ3) is 3.64. The third-order valence-corrected chi connectivity index (χ3v) is 4.36. The molecule has 1 aromatic rings. The molecule has 19 heavy (non-hydrogen) atoms. The Bertz CT molecular complexity index is 461. The van der Waals surface area contributed by atoms with E-state index in [9.17, 15) is 4.79 Å². The summed E-state index contributed by atoms with van der Waals surface area (Å²) in [7, 11) is 0. The second kappa shape index (κ2) is 6.62. The second-order valence-electron chi connectivity index (χ2n) is 5.06. The fourth-order valence-electron chi connectivity index (χ4n) is 2.68. The van der Waals surface area contributed by atoms with Gasteiger partial charge in [-0.3, -0.25) is 4.79 Å². The molecule has 1 atom stereocenters. The molecular weight excluding hydrogens is 281 g/mol. The van der Waals surface area contributed by atoms with Crippen LogP contribution in [0.2, 0.25) is 10.0 Å². The molecule has 0 saturated carbocycles. The van der Waals surface area contributed by atoms with Crippen molar-refractivity contribution in [1.29, 1.82) is 0 Å². The van der Waals surface area contributed by atoms with Crippen molar-refractivity contribution < 1.29 is 4.79 Å². The number of carbonyl (C=O) groups is 1. The van der Waals surface area contributed by atoms with Gasteiger partial charge in [-0.15, -0.1) is 0 Å². The molecule has 1 aliphatic rings. The van der Waals surface area contributed by atoms with E-state index in [1.54, 1.807) is 12.1 Å². The van der Waals surface area contributed by atoms with Gasteiger partial charge in [0.15, 0.2) is 0 Å². The lowest BCUT2D eigenvalue weighted by Crippen LogP contribution is -2.44. The summed E-state index contributed by atoms with van der Waals surface area (Å²) in [6.07, 6.45) is 4.85. The topological polar surface area (TPSA) is 20.3 Å². The Labute approximate surface area is 124 Å². The van der Waals surface area contributed by atoms with Gasteiger partial charge in [0, 0.05) is 22.6 Å². The van der Waals surface area contributed by atoms with Gasteiger partial charge in [0.05, 0.1) is 6.42 Å². The Kier molecular flexibility index (Phi) is 5.12. The number of nitrogens with zero attached hydrogens (tertiary/aromatic N) is 1. The fraction of sp³-hybridized carbons (Fsp3) is 0.533. The first-order valence-corrected chi connectivity index (χ1v) is 7.60. The summed E-state index contributed by atoms with van der Waals surface area (Å²) in [6.45, 7) is 3.02. The van der Waals surface area contributed by atoms with Crippen LogP contribution in [0.5, 0.6) is 0 Å². The predicted molar refractivity (Wildman–Crippen MR) is 79.8 cm³/mol. The Hall–Kier alpha value is -0.730. The first-order chi connectivity index (χ1) is 9.11. The average Bonchev–Trinajstić information content (AvgIpc) is 2.41. The molecule has 1 aliphatic heterocycles. The van der Waals surface area contributed by atoms with Crippen LogP contribution in [-0.4, -0.2) is 23.4 Å². The van der Waals surface area contributed by atoms with Crippen LogP contribution in [0.15, 0.2) is 18.2 Å². The smallest absolute Gasteiger partial charge is 0.227 e. The number of benzene rings is 1. The molecule has 104 valence electrons. The van der Waals surface area contributed by atoms with Crippen molar-refractivity contribution in [2.24, 2.45) is 0 Å². The summed E-state index contributed by atoms with van der Waals surface area (Å²) in [4.78, 5) is 14.4. The standard InChI is InChI=1S/C15H19Cl2NO/c1-2-13-5-3-4-8-18(13)15(19)9-11-6-7-12(16)10-14(11)17/h6-7,10,13H,2-5,8-9H2,1H3. The van der Waals surface area contributed by atoms with E-state index in [1.807, 2.05) is 11.0 Å². The highest BCUT2D eigenvalue weighted by Gasteiger charge is 2.25. The van der Waals surface area contributed by atoms with Crippen LogP contribution in [0.4, 0.5) is 0 Å².